The van der Waals surface area contributed by atoms with E-state index in [1.165, 1.54) is 17.0 Å². The number of imide groups is 1. The number of hydrogen-bond acceptors (Lipinski definition) is 4. The molecule has 3 rings (SSSR count). The van der Waals surface area contributed by atoms with Gasteiger partial charge in [0.25, 0.3) is 5.91 Å². The van der Waals surface area contributed by atoms with Crippen molar-refractivity contribution in [1.29, 1.82) is 0 Å². The van der Waals surface area contributed by atoms with Crippen LogP contribution in [0, 0.1) is 11.8 Å². The van der Waals surface area contributed by atoms with Crippen LogP contribution in [-0.4, -0.2) is 35.1 Å². The third-order valence-electron chi connectivity index (χ3n) is 4.98. The Morgan fingerprint density at radius 2 is 1.67 bits per heavy atom. The third-order valence-corrected chi connectivity index (χ3v) is 5.55. The lowest BCUT2D eigenvalue weighted by Crippen LogP contribution is -2.43. The maximum Gasteiger partial charge on any atom is 0.271 e. The summed E-state index contributed by atoms with van der Waals surface area (Å²) >= 11 is 11.8. The number of carbonyl (C=O) groups excluding carboxylic acids is 4. The van der Waals surface area contributed by atoms with Gasteiger partial charge in [0.05, 0.1) is 22.4 Å². The molecule has 0 spiro atoms. The first kappa shape index (κ1) is 19.6. The number of fused-ring (bicyclic) bond motifs is 1. The largest absolute Gasteiger partial charge is 0.282 e. The van der Waals surface area contributed by atoms with Crippen LogP contribution in [0.1, 0.15) is 42.5 Å². The van der Waals surface area contributed by atoms with E-state index in [1.807, 2.05) is 0 Å². The van der Waals surface area contributed by atoms with Gasteiger partial charge in [-0.1, -0.05) is 36.0 Å². The Kier molecular flexibility index (Phi) is 6.01. The van der Waals surface area contributed by atoms with Crippen molar-refractivity contribution in [2.75, 3.05) is 6.54 Å². The van der Waals surface area contributed by atoms with Gasteiger partial charge >= 0.3 is 0 Å². The van der Waals surface area contributed by atoms with Gasteiger partial charge in [0.2, 0.25) is 17.7 Å². The van der Waals surface area contributed by atoms with Crippen LogP contribution in [0.3, 0.4) is 0 Å². The van der Waals surface area contributed by atoms with E-state index in [-0.39, 0.29) is 47.2 Å². The minimum Gasteiger partial charge on any atom is -0.282 e. The zero-order chi connectivity index (χ0) is 19.6. The summed E-state index contributed by atoms with van der Waals surface area (Å²) in [6.45, 7) is 0.00426. The van der Waals surface area contributed by atoms with Gasteiger partial charge < -0.3 is 0 Å². The minimum atomic E-state index is -0.616. The van der Waals surface area contributed by atoms with Crippen molar-refractivity contribution in [1.82, 2.24) is 15.8 Å². The van der Waals surface area contributed by atoms with E-state index >= 15 is 0 Å². The van der Waals surface area contributed by atoms with Crippen LogP contribution >= 0.6 is 23.2 Å². The molecule has 1 saturated carbocycles. The molecule has 4 amide bonds. The number of hydrazine groups is 1. The van der Waals surface area contributed by atoms with Crippen molar-refractivity contribution in [3.05, 3.63) is 33.8 Å². The molecule has 7 nitrogen and oxygen atoms in total. The van der Waals surface area contributed by atoms with E-state index in [0.29, 0.717) is 5.02 Å². The highest BCUT2D eigenvalue weighted by molar-refractivity contribution is 6.35. The smallest absolute Gasteiger partial charge is 0.271 e. The number of amides is 4. The highest BCUT2D eigenvalue weighted by Crippen LogP contribution is 2.37. The lowest BCUT2D eigenvalue weighted by Gasteiger charge is -2.19. The molecule has 27 heavy (non-hydrogen) atoms. The van der Waals surface area contributed by atoms with Crippen molar-refractivity contribution in [3.8, 4) is 0 Å². The Morgan fingerprint density at radius 3 is 2.30 bits per heavy atom. The minimum absolute atomic E-state index is 0.00426. The van der Waals surface area contributed by atoms with Crippen LogP contribution in [0.15, 0.2) is 18.2 Å². The molecule has 2 aliphatic rings. The molecular formula is C18H19Cl2N3O4. The SMILES string of the molecule is O=C(CCN1C(=O)[C@@H]2CCCC[C@H]2C1=O)NNC(=O)c1cc(Cl)ccc1Cl. The van der Waals surface area contributed by atoms with Gasteiger partial charge in [-0.2, -0.15) is 0 Å². The molecule has 2 atom stereocenters. The number of nitrogens with one attached hydrogen (secondary N) is 2. The Morgan fingerprint density at radius 1 is 1.04 bits per heavy atom. The average Bonchev–Trinajstić information content (AvgIpc) is 2.91. The number of halogens is 2. The van der Waals surface area contributed by atoms with Crippen LogP contribution in [-0.2, 0) is 14.4 Å². The molecule has 2 N–H and O–H groups in total. The van der Waals surface area contributed by atoms with Crippen molar-refractivity contribution in [3.63, 3.8) is 0 Å². The van der Waals surface area contributed by atoms with E-state index in [2.05, 4.69) is 10.9 Å². The second-order valence-corrected chi connectivity index (χ2v) is 7.55. The Balaban J connectivity index is 1.50. The van der Waals surface area contributed by atoms with Gasteiger partial charge in [-0.25, -0.2) is 0 Å². The van der Waals surface area contributed by atoms with Gasteiger partial charge in [-0.15, -0.1) is 0 Å². The first-order valence-electron chi connectivity index (χ1n) is 8.78. The fourth-order valence-electron chi connectivity index (χ4n) is 3.59. The fraction of sp³-hybridized carbons (Fsp3) is 0.444. The van der Waals surface area contributed by atoms with Gasteiger partial charge in [0.1, 0.15) is 0 Å². The molecule has 2 fully saturated rings. The lowest BCUT2D eigenvalue weighted by molar-refractivity contribution is -0.140. The molecular weight excluding hydrogens is 393 g/mol. The Labute approximate surface area is 166 Å². The highest BCUT2D eigenvalue weighted by atomic mass is 35.5. The van der Waals surface area contributed by atoms with Crippen molar-refractivity contribution >= 4 is 46.8 Å². The normalized spacial score (nSPS) is 21.8. The average molecular weight is 412 g/mol. The van der Waals surface area contributed by atoms with E-state index in [9.17, 15) is 19.2 Å². The molecule has 1 aliphatic heterocycles. The number of nitrogens with zero attached hydrogens (tertiary/aromatic N) is 1. The molecule has 0 radical (unpaired) electrons. The summed E-state index contributed by atoms with van der Waals surface area (Å²) in [6.07, 6.45) is 3.27. The summed E-state index contributed by atoms with van der Waals surface area (Å²) in [6, 6.07) is 4.40. The van der Waals surface area contributed by atoms with Crippen LogP contribution < -0.4 is 10.9 Å². The molecule has 1 aromatic carbocycles. The van der Waals surface area contributed by atoms with Crippen LogP contribution in [0.4, 0.5) is 0 Å². The van der Waals surface area contributed by atoms with E-state index in [4.69, 9.17) is 23.2 Å². The first-order chi connectivity index (χ1) is 12.9. The predicted octanol–water partition coefficient (Wildman–Crippen LogP) is 2.32. The summed E-state index contributed by atoms with van der Waals surface area (Å²) < 4.78 is 0. The molecule has 0 aromatic heterocycles. The summed E-state index contributed by atoms with van der Waals surface area (Å²) in [5.74, 6) is -1.98. The summed E-state index contributed by atoms with van der Waals surface area (Å²) in [7, 11) is 0. The van der Waals surface area contributed by atoms with E-state index in [1.54, 1.807) is 6.07 Å². The second-order valence-electron chi connectivity index (χ2n) is 6.70. The highest BCUT2D eigenvalue weighted by Gasteiger charge is 2.47. The molecule has 0 bridgehead atoms. The number of hydrogen-bond donors (Lipinski definition) is 2. The molecule has 9 heteroatoms. The molecule has 144 valence electrons. The van der Waals surface area contributed by atoms with Crippen LogP contribution in [0.25, 0.3) is 0 Å². The number of rotatable bonds is 4. The number of benzene rings is 1. The number of likely N-dealkylation sites (tertiary alicyclic amines) is 1. The maximum atomic E-state index is 12.4. The molecule has 1 heterocycles. The first-order valence-corrected chi connectivity index (χ1v) is 9.53. The van der Waals surface area contributed by atoms with Crippen molar-refractivity contribution in [2.45, 2.75) is 32.1 Å². The third kappa shape index (κ3) is 4.25. The summed E-state index contributed by atoms with van der Waals surface area (Å²) in [4.78, 5) is 49.9. The van der Waals surface area contributed by atoms with Crippen LogP contribution in [0.2, 0.25) is 10.0 Å². The van der Waals surface area contributed by atoms with E-state index in [0.717, 1.165) is 25.7 Å². The van der Waals surface area contributed by atoms with Gasteiger partial charge in [0.15, 0.2) is 0 Å². The summed E-state index contributed by atoms with van der Waals surface area (Å²) in [5, 5.41) is 0.533. The van der Waals surface area contributed by atoms with Crippen molar-refractivity contribution < 1.29 is 19.2 Å². The standard InChI is InChI=1S/C18H19Cl2N3O4/c19-10-5-6-14(20)13(9-10)16(25)22-21-15(24)7-8-23-17(26)11-3-1-2-4-12(11)18(23)27/h5-6,9,11-12H,1-4,7-8H2,(H,21,24)(H,22,25)/t11-,12-/m1/s1. The van der Waals surface area contributed by atoms with Gasteiger partial charge in [-0.05, 0) is 31.0 Å². The lowest BCUT2D eigenvalue weighted by atomic mass is 9.81. The zero-order valence-electron chi connectivity index (χ0n) is 14.5. The van der Waals surface area contributed by atoms with Crippen LogP contribution in [0.5, 0.6) is 0 Å². The topological polar surface area (TPSA) is 95.6 Å². The molecule has 1 aliphatic carbocycles. The van der Waals surface area contributed by atoms with Gasteiger partial charge in [0, 0.05) is 18.0 Å². The monoisotopic (exact) mass is 411 g/mol. The fourth-order valence-corrected chi connectivity index (χ4v) is 3.97. The summed E-state index contributed by atoms with van der Waals surface area (Å²) in [5.41, 5.74) is 4.62. The van der Waals surface area contributed by atoms with E-state index < -0.39 is 11.8 Å². The molecule has 1 aromatic rings. The second kappa shape index (κ2) is 8.27. The number of carbonyl (C=O) groups is 4. The quantitative estimate of drug-likeness (QED) is 0.586. The Hall–Kier alpha value is -2.12. The zero-order valence-corrected chi connectivity index (χ0v) is 16.0. The van der Waals surface area contributed by atoms with Crippen molar-refractivity contribution in [2.24, 2.45) is 11.8 Å². The molecule has 1 saturated heterocycles. The van der Waals surface area contributed by atoms with Gasteiger partial charge in [-0.3, -0.25) is 34.9 Å². The Bertz CT molecular complexity index is 775. The predicted molar refractivity (Wildman–Crippen MR) is 98.9 cm³/mol. The molecule has 0 unspecified atom stereocenters. The maximum absolute atomic E-state index is 12.4.